The SMILES string of the molecule is Cc1cc(C(=O)N2CCCc3cc(OC(F)(F)F)ccc32)c2c(C)nn(C)c2n1. The molecule has 0 unspecified atom stereocenters. The normalized spacial score (nSPS) is 14.2. The molecule has 29 heavy (non-hydrogen) atoms. The minimum absolute atomic E-state index is 0.220. The van der Waals surface area contributed by atoms with Gasteiger partial charge in [0.15, 0.2) is 5.65 Å². The predicted molar refractivity (Wildman–Crippen MR) is 101 cm³/mol. The van der Waals surface area contributed by atoms with Crippen LogP contribution in [-0.4, -0.2) is 33.6 Å². The molecule has 0 radical (unpaired) electrons. The maximum absolute atomic E-state index is 13.5. The highest BCUT2D eigenvalue weighted by Crippen LogP contribution is 2.34. The van der Waals surface area contributed by atoms with Crippen LogP contribution >= 0.6 is 0 Å². The summed E-state index contributed by atoms with van der Waals surface area (Å²) < 4.78 is 43.2. The monoisotopic (exact) mass is 404 g/mol. The van der Waals surface area contributed by atoms with E-state index >= 15 is 0 Å². The molecule has 0 N–H and O–H groups in total. The molecule has 1 aliphatic heterocycles. The van der Waals surface area contributed by atoms with Crippen molar-refractivity contribution in [3.05, 3.63) is 46.8 Å². The Bertz CT molecular complexity index is 1120. The highest BCUT2D eigenvalue weighted by atomic mass is 19.4. The number of anilines is 1. The van der Waals surface area contributed by atoms with Gasteiger partial charge in [0.2, 0.25) is 0 Å². The van der Waals surface area contributed by atoms with Crippen LogP contribution in [0.3, 0.4) is 0 Å². The van der Waals surface area contributed by atoms with E-state index in [4.69, 9.17) is 0 Å². The first-order valence-electron chi connectivity index (χ1n) is 9.15. The first kappa shape index (κ1) is 19.2. The number of halogens is 3. The fourth-order valence-electron chi connectivity index (χ4n) is 3.87. The summed E-state index contributed by atoms with van der Waals surface area (Å²) in [5, 5.41) is 5.06. The number of ether oxygens (including phenoxy) is 1. The number of aromatic nitrogens is 3. The molecule has 6 nitrogen and oxygen atoms in total. The number of carbonyl (C=O) groups excluding carboxylic acids is 1. The van der Waals surface area contributed by atoms with E-state index in [9.17, 15) is 18.0 Å². The lowest BCUT2D eigenvalue weighted by Gasteiger charge is -2.30. The van der Waals surface area contributed by atoms with E-state index in [0.717, 1.165) is 0 Å². The number of benzene rings is 1. The minimum atomic E-state index is -4.75. The number of hydrogen-bond acceptors (Lipinski definition) is 4. The van der Waals surface area contributed by atoms with Crippen molar-refractivity contribution in [2.24, 2.45) is 7.05 Å². The van der Waals surface area contributed by atoms with Crippen molar-refractivity contribution in [3.8, 4) is 5.75 Å². The Morgan fingerprint density at radius 3 is 2.69 bits per heavy atom. The molecule has 0 aliphatic carbocycles. The molecule has 0 bridgehead atoms. The Labute approximate surface area is 164 Å². The van der Waals surface area contributed by atoms with Gasteiger partial charge in [0.25, 0.3) is 5.91 Å². The quantitative estimate of drug-likeness (QED) is 0.646. The molecule has 1 amide bonds. The zero-order valence-electron chi connectivity index (χ0n) is 16.2. The summed E-state index contributed by atoms with van der Waals surface area (Å²) in [5.74, 6) is -0.502. The van der Waals surface area contributed by atoms with E-state index in [0.29, 0.717) is 58.6 Å². The van der Waals surface area contributed by atoms with Crippen molar-refractivity contribution in [1.82, 2.24) is 14.8 Å². The van der Waals surface area contributed by atoms with Crippen LogP contribution in [0.15, 0.2) is 24.3 Å². The molecule has 0 spiro atoms. The summed E-state index contributed by atoms with van der Waals surface area (Å²) in [5.41, 5.74) is 3.74. The number of aryl methyl sites for hydroxylation is 4. The number of alkyl halides is 3. The van der Waals surface area contributed by atoms with E-state index in [1.807, 2.05) is 13.8 Å². The molecule has 4 rings (SSSR count). The van der Waals surface area contributed by atoms with Crippen LogP contribution < -0.4 is 9.64 Å². The molecule has 0 saturated carbocycles. The Kier molecular flexibility index (Phi) is 4.48. The van der Waals surface area contributed by atoms with Crippen LogP contribution in [0.4, 0.5) is 18.9 Å². The standard InChI is InChI=1S/C20H19F3N4O2/c1-11-9-15(17-12(2)25-26(3)18(17)24-11)19(28)27-8-4-5-13-10-14(6-7-16(13)27)29-20(21,22)23/h6-7,9-10H,4-5,8H2,1-3H3. The van der Waals surface area contributed by atoms with Gasteiger partial charge in [0.05, 0.1) is 16.6 Å². The number of nitrogens with zero attached hydrogens (tertiary/aromatic N) is 4. The number of hydrogen-bond donors (Lipinski definition) is 0. The van der Waals surface area contributed by atoms with Gasteiger partial charge in [-0.2, -0.15) is 5.10 Å². The van der Waals surface area contributed by atoms with Crippen LogP contribution in [0.2, 0.25) is 0 Å². The van der Waals surface area contributed by atoms with Gasteiger partial charge in [0.1, 0.15) is 5.75 Å². The second kappa shape index (κ2) is 6.75. The topological polar surface area (TPSA) is 60.3 Å². The van der Waals surface area contributed by atoms with Crippen molar-refractivity contribution in [2.75, 3.05) is 11.4 Å². The molecule has 1 aromatic carbocycles. The average Bonchev–Trinajstić information content (AvgIpc) is 2.92. The highest BCUT2D eigenvalue weighted by Gasteiger charge is 2.32. The number of fused-ring (bicyclic) bond motifs is 2. The van der Waals surface area contributed by atoms with Crippen LogP contribution in [0.5, 0.6) is 5.75 Å². The fourth-order valence-corrected chi connectivity index (χ4v) is 3.87. The summed E-state index contributed by atoms with van der Waals surface area (Å²) in [6, 6.07) is 5.83. The lowest BCUT2D eigenvalue weighted by molar-refractivity contribution is -0.274. The largest absolute Gasteiger partial charge is 0.573 e. The van der Waals surface area contributed by atoms with Crippen LogP contribution in [-0.2, 0) is 13.5 Å². The van der Waals surface area contributed by atoms with E-state index in [-0.39, 0.29) is 11.7 Å². The van der Waals surface area contributed by atoms with Gasteiger partial charge >= 0.3 is 6.36 Å². The van der Waals surface area contributed by atoms with Crippen LogP contribution in [0, 0.1) is 13.8 Å². The van der Waals surface area contributed by atoms with Crippen LogP contribution in [0.1, 0.15) is 33.7 Å². The van der Waals surface area contributed by atoms with Crippen molar-refractivity contribution in [1.29, 1.82) is 0 Å². The van der Waals surface area contributed by atoms with Crippen molar-refractivity contribution < 1.29 is 22.7 Å². The number of carbonyl (C=O) groups is 1. The van der Waals surface area contributed by atoms with Gasteiger partial charge in [0, 0.05) is 25.0 Å². The van der Waals surface area contributed by atoms with E-state index in [2.05, 4.69) is 14.8 Å². The lowest BCUT2D eigenvalue weighted by Crippen LogP contribution is -2.35. The maximum atomic E-state index is 13.5. The molecule has 3 aromatic rings. The smallest absolute Gasteiger partial charge is 0.406 e. The Morgan fingerprint density at radius 1 is 1.21 bits per heavy atom. The molecular weight excluding hydrogens is 385 g/mol. The van der Waals surface area contributed by atoms with E-state index in [1.165, 1.54) is 18.2 Å². The van der Waals surface area contributed by atoms with Gasteiger partial charge in [-0.05, 0) is 56.5 Å². The highest BCUT2D eigenvalue weighted by molar-refractivity contribution is 6.14. The summed E-state index contributed by atoms with van der Waals surface area (Å²) in [7, 11) is 1.77. The van der Waals surface area contributed by atoms with Gasteiger partial charge in [-0.25, -0.2) is 4.98 Å². The molecule has 0 saturated heterocycles. The molecule has 3 heterocycles. The number of rotatable bonds is 2. The summed E-state index contributed by atoms with van der Waals surface area (Å²) in [6.07, 6.45) is -3.53. The van der Waals surface area contributed by atoms with E-state index < -0.39 is 6.36 Å². The first-order valence-corrected chi connectivity index (χ1v) is 9.15. The Balaban J connectivity index is 1.76. The maximum Gasteiger partial charge on any atom is 0.573 e. The zero-order chi connectivity index (χ0) is 20.9. The lowest BCUT2D eigenvalue weighted by atomic mass is 9.99. The molecular formula is C20H19F3N4O2. The van der Waals surface area contributed by atoms with Crippen LogP contribution in [0.25, 0.3) is 11.0 Å². The summed E-state index contributed by atoms with van der Waals surface area (Å²) >= 11 is 0. The molecule has 152 valence electrons. The third-order valence-electron chi connectivity index (χ3n) is 4.98. The van der Waals surface area contributed by atoms with Gasteiger partial charge in [-0.1, -0.05) is 0 Å². The average molecular weight is 404 g/mol. The van der Waals surface area contributed by atoms with Gasteiger partial charge in [-0.3, -0.25) is 9.48 Å². The van der Waals surface area contributed by atoms with E-state index in [1.54, 1.807) is 22.7 Å². The second-order valence-electron chi connectivity index (χ2n) is 7.12. The Hall–Kier alpha value is -3.10. The van der Waals surface area contributed by atoms with Gasteiger partial charge in [-0.15, -0.1) is 13.2 Å². The van der Waals surface area contributed by atoms with Crippen molar-refractivity contribution in [3.63, 3.8) is 0 Å². The molecule has 1 aliphatic rings. The third kappa shape index (κ3) is 3.52. The Morgan fingerprint density at radius 2 is 1.97 bits per heavy atom. The third-order valence-corrected chi connectivity index (χ3v) is 4.98. The fraction of sp³-hybridized carbons (Fsp3) is 0.350. The molecule has 9 heteroatoms. The van der Waals surface area contributed by atoms with Crippen molar-refractivity contribution in [2.45, 2.75) is 33.1 Å². The second-order valence-corrected chi connectivity index (χ2v) is 7.12. The summed E-state index contributed by atoms with van der Waals surface area (Å²) in [6.45, 7) is 4.11. The van der Waals surface area contributed by atoms with Gasteiger partial charge < -0.3 is 9.64 Å². The number of pyridine rings is 1. The zero-order valence-corrected chi connectivity index (χ0v) is 16.2. The number of amides is 1. The van der Waals surface area contributed by atoms with Crippen molar-refractivity contribution >= 4 is 22.6 Å². The molecule has 2 aromatic heterocycles. The molecule has 0 fully saturated rings. The molecule has 0 atom stereocenters. The predicted octanol–water partition coefficient (Wildman–Crippen LogP) is 4.08. The first-order chi connectivity index (χ1) is 13.6. The summed E-state index contributed by atoms with van der Waals surface area (Å²) in [4.78, 5) is 19.5. The minimum Gasteiger partial charge on any atom is -0.406 e.